The first-order chi connectivity index (χ1) is 11.6. The lowest BCUT2D eigenvalue weighted by atomic mass is 10.2. The second-order valence-electron chi connectivity index (χ2n) is 5.61. The molecule has 1 unspecified atom stereocenters. The van der Waals surface area contributed by atoms with Gasteiger partial charge in [-0.3, -0.25) is 9.59 Å². The lowest BCUT2D eigenvalue weighted by Gasteiger charge is -2.08. The lowest BCUT2D eigenvalue weighted by molar-refractivity contribution is -0.118. The molecule has 1 amide bonds. The van der Waals surface area contributed by atoms with E-state index in [2.05, 4.69) is 15.4 Å². The molecule has 3 aromatic heterocycles. The first kappa shape index (κ1) is 15.3. The molecule has 1 aliphatic rings. The van der Waals surface area contributed by atoms with E-state index in [0.29, 0.717) is 22.9 Å². The summed E-state index contributed by atoms with van der Waals surface area (Å²) in [5.74, 6) is -0.279. The summed E-state index contributed by atoms with van der Waals surface area (Å²) >= 11 is 7.41. The van der Waals surface area contributed by atoms with Crippen LogP contribution in [0.25, 0.3) is 16.8 Å². The van der Waals surface area contributed by atoms with Crippen molar-refractivity contribution in [2.24, 2.45) is 0 Å². The topological polar surface area (TPSA) is 76.4 Å². The van der Waals surface area contributed by atoms with E-state index in [1.165, 1.54) is 0 Å². The third kappa shape index (κ3) is 2.59. The Balaban J connectivity index is 1.65. The minimum Gasteiger partial charge on any atom is -0.340 e. The fourth-order valence-electron chi connectivity index (χ4n) is 2.87. The number of aromatic nitrogens is 3. The SMILES string of the molecule is O=C(NC1CCCC1=O)c1nc(-c2cnn3ccccc23)c(Cl)s1. The van der Waals surface area contributed by atoms with Gasteiger partial charge in [0, 0.05) is 18.2 Å². The van der Waals surface area contributed by atoms with Gasteiger partial charge in [0.05, 0.1) is 17.8 Å². The van der Waals surface area contributed by atoms with Crippen LogP contribution in [0.4, 0.5) is 0 Å². The summed E-state index contributed by atoms with van der Waals surface area (Å²) in [5, 5.41) is 7.26. The fourth-order valence-corrected chi connectivity index (χ4v) is 3.94. The number of fused-ring (bicyclic) bond motifs is 1. The molecule has 1 atom stereocenters. The number of carbonyl (C=O) groups is 2. The van der Waals surface area contributed by atoms with Gasteiger partial charge in [0.25, 0.3) is 5.91 Å². The highest BCUT2D eigenvalue weighted by Gasteiger charge is 2.28. The van der Waals surface area contributed by atoms with Crippen molar-refractivity contribution in [2.75, 3.05) is 0 Å². The van der Waals surface area contributed by atoms with Crippen LogP contribution in [0.1, 0.15) is 29.1 Å². The molecule has 0 aromatic carbocycles. The van der Waals surface area contributed by atoms with Crippen molar-refractivity contribution in [1.82, 2.24) is 19.9 Å². The average Bonchev–Trinajstić information content (AvgIpc) is 3.27. The predicted molar refractivity (Wildman–Crippen MR) is 91.4 cm³/mol. The second kappa shape index (κ2) is 5.99. The summed E-state index contributed by atoms with van der Waals surface area (Å²) in [7, 11) is 0. The largest absolute Gasteiger partial charge is 0.340 e. The zero-order valence-electron chi connectivity index (χ0n) is 12.5. The van der Waals surface area contributed by atoms with Crippen molar-refractivity contribution in [2.45, 2.75) is 25.3 Å². The van der Waals surface area contributed by atoms with Crippen LogP contribution in [-0.4, -0.2) is 32.3 Å². The molecule has 3 heterocycles. The van der Waals surface area contributed by atoms with Crippen molar-refractivity contribution < 1.29 is 9.59 Å². The molecule has 3 aromatic rings. The molecule has 24 heavy (non-hydrogen) atoms. The van der Waals surface area contributed by atoms with Gasteiger partial charge in [-0.25, -0.2) is 9.50 Å². The van der Waals surface area contributed by atoms with E-state index in [9.17, 15) is 9.59 Å². The third-order valence-corrected chi connectivity index (χ3v) is 5.32. The molecule has 0 saturated heterocycles. The summed E-state index contributed by atoms with van der Waals surface area (Å²) in [5.41, 5.74) is 2.17. The number of pyridine rings is 1. The minimum atomic E-state index is -0.402. The number of hydrogen-bond donors (Lipinski definition) is 1. The van der Waals surface area contributed by atoms with Gasteiger partial charge in [0.15, 0.2) is 10.8 Å². The molecule has 1 fully saturated rings. The Kier molecular flexibility index (Phi) is 3.82. The molecule has 0 spiro atoms. The number of hydrogen-bond acceptors (Lipinski definition) is 5. The fraction of sp³-hybridized carbons (Fsp3) is 0.250. The van der Waals surface area contributed by atoms with Gasteiger partial charge < -0.3 is 5.32 Å². The van der Waals surface area contributed by atoms with Gasteiger partial charge in [-0.1, -0.05) is 29.0 Å². The van der Waals surface area contributed by atoms with Crippen LogP contribution in [-0.2, 0) is 4.79 Å². The number of rotatable bonds is 3. The Bertz CT molecular complexity index is 949. The number of Topliss-reactive ketones (excluding diaryl/α,β-unsaturated/α-hetero) is 1. The Morgan fingerprint density at radius 1 is 1.42 bits per heavy atom. The number of thiazole rings is 1. The van der Waals surface area contributed by atoms with Crippen molar-refractivity contribution in [3.63, 3.8) is 0 Å². The highest BCUT2D eigenvalue weighted by atomic mass is 35.5. The molecule has 1 aliphatic carbocycles. The van der Waals surface area contributed by atoms with Crippen LogP contribution in [0, 0.1) is 0 Å². The van der Waals surface area contributed by atoms with E-state index >= 15 is 0 Å². The minimum absolute atomic E-state index is 0.0776. The van der Waals surface area contributed by atoms with Gasteiger partial charge in [-0.05, 0) is 25.0 Å². The summed E-state index contributed by atoms with van der Waals surface area (Å²) in [6, 6.07) is 5.29. The first-order valence-corrected chi connectivity index (χ1v) is 8.75. The van der Waals surface area contributed by atoms with Crippen LogP contribution in [0.15, 0.2) is 30.6 Å². The van der Waals surface area contributed by atoms with E-state index < -0.39 is 6.04 Å². The highest BCUT2D eigenvalue weighted by molar-refractivity contribution is 7.18. The molecule has 0 aliphatic heterocycles. The molecule has 122 valence electrons. The van der Waals surface area contributed by atoms with E-state index in [1.807, 2.05) is 24.4 Å². The maximum Gasteiger partial charge on any atom is 0.280 e. The second-order valence-corrected chi connectivity index (χ2v) is 7.22. The van der Waals surface area contributed by atoms with Crippen LogP contribution in [0.5, 0.6) is 0 Å². The van der Waals surface area contributed by atoms with Gasteiger partial charge in [-0.15, -0.1) is 0 Å². The lowest BCUT2D eigenvalue weighted by Crippen LogP contribution is -2.37. The Hall–Kier alpha value is -2.25. The van der Waals surface area contributed by atoms with Gasteiger partial charge in [-0.2, -0.15) is 5.10 Å². The number of halogens is 1. The van der Waals surface area contributed by atoms with E-state index in [0.717, 1.165) is 28.8 Å². The molecule has 8 heteroatoms. The van der Waals surface area contributed by atoms with Crippen molar-refractivity contribution in [1.29, 1.82) is 0 Å². The standard InChI is InChI=1S/C16H13ClN4O2S/c17-14-13(9-8-18-21-7-2-1-5-11(9)21)20-16(24-14)15(23)19-10-4-3-6-12(10)22/h1-2,5,7-8,10H,3-4,6H2,(H,19,23). The van der Waals surface area contributed by atoms with Crippen LogP contribution in [0.3, 0.4) is 0 Å². The number of amides is 1. The molecule has 0 bridgehead atoms. The summed E-state index contributed by atoms with van der Waals surface area (Å²) in [6.07, 6.45) is 5.54. The third-order valence-electron chi connectivity index (χ3n) is 4.07. The van der Waals surface area contributed by atoms with Gasteiger partial charge in [0.2, 0.25) is 0 Å². The zero-order chi connectivity index (χ0) is 16.7. The van der Waals surface area contributed by atoms with Gasteiger partial charge in [0.1, 0.15) is 10.0 Å². The van der Waals surface area contributed by atoms with E-state index in [1.54, 1.807) is 10.7 Å². The van der Waals surface area contributed by atoms with Crippen molar-refractivity contribution in [3.05, 3.63) is 39.9 Å². The quantitative estimate of drug-likeness (QED) is 0.779. The number of nitrogens with one attached hydrogen (secondary N) is 1. The van der Waals surface area contributed by atoms with Gasteiger partial charge >= 0.3 is 0 Å². The highest BCUT2D eigenvalue weighted by Crippen LogP contribution is 2.34. The number of ketones is 1. The zero-order valence-corrected chi connectivity index (χ0v) is 14.1. The average molecular weight is 361 g/mol. The Morgan fingerprint density at radius 2 is 2.29 bits per heavy atom. The number of nitrogens with zero attached hydrogens (tertiary/aromatic N) is 3. The predicted octanol–water partition coefficient (Wildman–Crippen LogP) is 2.96. The molecule has 6 nitrogen and oxygen atoms in total. The molecular weight excluding hydrogens is 348 g/mol. The molecule has 1 N–H and O–H groups in total. The molecule has 1 saturated carbocycles. The summed E-state index contributed by atoms with van der Waals surface area (Å²) in [4.78, 5) is 28.4. The van der Waals surface area contributed by atoms with Crippen molar-refractivity contribution in [3.8, 4) is 11.3 Å². The number of carbonyl (C=O) groups excluding carboxylic acids is 2. The summed E-state index contributed by atoms with van der Waals surface area (Å²) in [6.45, 7) is 0. The van der Waals surface area contributed by atoms with Crippen LogP contribution >= 0.6 is 22.9 Å². The molecule has 4 rings (SSSR count). The summed E-state index contributed by atoms with van der Waals surface area (Å²) < 4.78 is 2.15. The molecular formula is C16H13ClN4O2S. The smallest absolute Gasteiger partial charge is 0.280 e. The van der Waals surface area contributed by atoms with Crippen LogP contribution < -0.4 is 5.32 Å². The first-order valence-electron chi connectivity index (χ1n) is 7.56. The van der Waals surface area contributed by atoms with Crippen LogP contribution in [0.2, 0.25) is 4.34 Å². The molecule has 0 radical (unpaired) electrons. The monoisotopic (exact) mass is 360 g/mol. The maximum atomic E-state index is 12.4. The Labute approximate surface area is 146 Å². The normalized spacial score (nSPS) is 17.5. The van der Waals surface area contributed by atoms with E-state index in [-0.39, 0.29) is 16.7 Å². The van der Waals surface area contributed by atoms with E-state index in [4.69, 9.17) is 11.6 Å². The van der Waals surface area contributed by atoms with Crippen molar-refractivity contribution >= 4 is 40.1 Å². The Morgan fingerprint density at radius 3 is 3.08 bits per heavy atom. The maximum absolute atomic E-state index is 12.4.